The highest BCUT2D eigenvalue weighted by Gasteiger charge is 2.40. The lowest BCUT2D eigenvalue weighted by molar-refractivity contribution is -0.123. The summed E-state index contributed by atoms with van der Waals surface area (Å²) in [5, 5.41) is 6.11. The lowest BCUT2D eigenvalue weighted by atomic mass is 9.77. The van der Waals surface area contributed by atoms with E-state index in [-0.39, 0.29) is 5.91 Å². The summed E-state index contributed by atoms with van der Waals surface area (Å²) in [6, 6.07) is 8.00. The van der Waals surface area contributed by atoms with Crippen LogP contribution in [0.15, 0.2) is 29.6 Å². The van der Waals surface area contributed by atoms with Crippen molar-refractivity contribution >= 4 is 33.0 Å². The minimum atomic E-state index is -0.635. The van der Waals surface area contributed by atoms with E-state index in [4.69, 9.17) is 5.73 Å². The Balaban J connectivity index is 1.82. The Labute approximate surface area is 104 Å². The second kappa shape index (κ2) is 3.82. The van der Waals surface area contributed by atoms with Crippen LogP contribution in [-0.4, -0.2) is 11.4 Å². The third-order valence-electron chi connectivity index (χ3n) is 3.41. The molecular formula is C13H14N2OS. The van der Waals surface area contributed by atoms with Gasteiger partial charge in [-0.3, -0.25) is 4.79 Å². The fraction of sp³-hybridized carbons (Fsp3) is 0.308. The van der Waals surface area contributed by atoms with Crippen molar-refractivity contribution in [3.63, 3.8) is 0 Å². The van der Waals surface area contributed by atoms with E-state index in [1.165, 1.54) is 4.70 Å². The van der Waals surface area contributed by atoms with E-state index < -0.39 is 5.54 Å². The number of nitrogens with one attached hydrogen (secondary N) is 1. The molecule has 1 heterocycles. The van der Waals surface area contributed by atoms with E-state index in [1.54, 1.807) is 11.3 Å². The number of hydrogen-bond donors (Lipinski definition) is 2. The lowest BCUT2D eigenvalue weighted by Crippen LogP contribution is -2.56. The zero-order chi connectivity index (χ0) is 11.9. The molecule has 1 fully saturated rings. The smallest absolute Gasteiger partial charge is 0.244 e. The van der Waals surface area contributed by atoms with Gasteiger partial charge in [0.15, 0.2) is 0 Å². The van der Waals surface area contributed by atoms with Gasteiger partial charge in [-0.15, -0.1) is 11.3 Å². The van der Waals surface area contributed by atoms with Gasteiger partial charge in [-0.2, -0.15) is 0 Å². The van der Waals surface area contributed by atoms with Gasteiger partial charge in [0.25, 0.3) is 0 Å². The van der Waals surface area contributed by atoms with Crippen LogP contribution in [0.3, 0.4) is 0 Å². The van der Waals surface area contributed by atoms with Crippen LogP contribution in [0.4, 0.5) is 5.69 Å². The molecule has 1 aliphatic carbocycles. The molecule has 3 rings (SSSR count). The third-order valence-corrected chi connectivity index (χ3v) is 4.31. The van der Waals surface area contributed by atoms with Crippen LogP contribution in [0, 0.1) is 0 Å². The predicted molar refractivity (Wildman–Crippen MR) is 71.2 cm³/mol. The molecule has 0 spiro atoms. The van der Waals surface area contributed by atoms with E-state index in [0.717, 1.165) is 30.3 Å². The van der Waals surface area contributed by atoms with Crippen LogP contribution >= 0.6 is 11.3 Å². The molecular weight excluding hydrogens is 232 g/mol. The summed E-state index contributed by atoms with van der Waals surface area (Å²) in [5.74, 6) is -0.0571. The number of benzene rings is 1. The molecule has 3 nitrogen and oxygen atoms in total. The topological polar surface area (TPSA) is 55.1 Å². The van der Waals surface area contributed by atoms with Gasteiger partial charge in [-0.05, 0) is 54.3 Å². The molecule has 1 aliphatic rings. The minimum Gasteiger partial charge on any atom is -0.324 e. The summed E-state index contributed by atoms with van der Waals surface area (Å²) in [6.45, 7) is 0. The monoisotopic (exact) mass is 246 g/mol. The average molecular weight is 246 g/mol. The van der Waals surface area contributed by atoms with Crippen LogP contribution in [0.25, 0.3) is 10.1 Å². The van der Waals surface area contributed by atoms with Crippen molar-refractivity contribution in [2.75, 3.05) is 5.32 Å². The predicted octanol–water partition coefficient (Wildman–Crippen LogP) is 2.72. The number of rotatable bonds is 2. The molecule has 1 aromatic heterocycles. The molecule has 0 unspecified atom stereocenters. The van der Waals surface area contributed by atoms with Crippen LogP contribution in [0.1, 0.15) is 19.3 Å². The van der Waals surface area contributed by atoms with Gasteiger partial charge < -0.3 is 11.1 Å². The number of thiophene rings is 1. The number of hydrogen-bond acceptors (Lipinski definition) is 3. The Morgan fingerprint density at radius 1 is 1.35 bits per heavy atom. The van der Waals surface area contributed by atoms with Gasteiger partial charge in [0.2, 0.25) is 5.91 Å². The van der Waals surface area contributed by atoms with Crippen molar-refractivity contribution < 1.29 is 4.79 Å². The highest BCUT2D eigenvalue weighted by atomic mass is 32.1. The van der Waals surface area contributed by atoms with Crippen LogP contribution in [-0.2, 0) is 4.79 Å². The molecule has 17 heavy (non-hydrogen) atoms. The normalized spacial score (nSPS) is 17.7. The summed E-state index contributed by atoms with van der Waals surface area (Å²) >= 11 is 1.70. The van der Waals surface area contributed by atoms with Gasteiger partial charge in [-0.25, -0.2) is 0 Å². The first-order valence-corrected chi connectivity index (χ1v) is 6.63. The summed E-state index contributed by atoms with van der Waals surface area (Å²) in [5.41, 5.74) is 6.17. The fourth-order valence-electron chi connectivity index (χ4n) is 2.08. The number of carbonyl (C=O) groups excluding carboxylic acids is 1. The molecule has 88 valence electrons. The molecule has 4 heteroatoms. The summed E-state index contributed by atoms with van der Waals surface area (Å²) in [7, 11) is 0. The van der Waals surface area contributed by atoms with E-state index in [0.29, 0.717) is 0 Å². The maximum absolute atomic E-state index is 12.0. The van der Waals surface area contributed by atoms with Crippen molar-refractivity contribution in [2.24, 2.45) is 5.73 Å². The van der Waals surface area contributed by atoms with E-state index in [1.807, 2.05) is 23.6 Å². The van der Waals surface area contributed by atoms with Crippen LogP contribution in [0.2, 0.25) is 0 Å². The van der Waals surface area contributed by atoms with Gasteiger partial charge in [0.05, 0.1) is 5.54 Å². The van der Waals surface area contributed by atoms with Gasteiger partial charge in [0.1, 0.15) is 0 Å². The molecule has 0 aliphatic heterocycles. The fourth-order valence-corrected chi connectivity index (χ4v) is 2.86. The minimum absolute atomic E-state index is 0.0571. The van der Waals surface area contributed by atoms with Crippen molar-refractivity contribution in [1.29, 1.82) is 0 Å². The number of carbonyl (C=O) groups is 1. The Bertz CT molecular complexity index is 572. The molecule has 0 atom stereocenters. The summed E-state index contributed by atoms with van der Waals surface area (Å²) in [4.78, 5) is 12.0. The second-order valence-electron chi connectivity index (χ2n) is 4.64. The first-order chi connectivity index (χ1) is 8.17. The second-order valence-corrected chi connectivity index (χ2v) is 5.58. The Hall–Kier alpha value is -1.39. The lowest BCUT2D eigenvalue weighted by Gasteiger charge is -2.36. The van der Waals surface area contributed by atoms with Crippen molar-refractivity contribution in [3.8, 4) is 0 Å². The third kappa shape index (κ3) is 1.83. The van der Waals surface area contributed by atoms with Gasteiger partial charge in [0, 0.05) is 10.4 Å². The maximum atomic E-state index is 12.0. The summed E-state index contributed by atoms with van der Waals surface area (Å²) in [6.07, 6.45) is 2.63. The first-order valence-electron chi connectivity index (χ1n) is 5.75. The summed E-state index contributed by atoms with van der Waals surface area (Å²) < 4.78 is 1.23. The van der Waals surface area contributed by atoms with Crippen LogP contribution in [0.5, 0.6) is 0 Å². The van der Waals surface area contributed by atoms with Crippen molar-refractivity contribution in [3.05, 3.63) is 29.6 Å². The van der Waals surface area contributed by atoms with E-state index >= 15 is 0 Å². The van der Waals surface area contributed by atoms with Crippen molar-refractivity contribution in [1.82, 2.24) is 0 Å². The molecule has 2 aromatic rings. The molecule has 3 N–H and O–H groups in total. The molecule has 0 radical (unpaired) electrons. The zero-order valence-electron chi connectivity index (χ0n) is 9.40. The van der Waals surface area contributed by atoms with E-state index in [2.05, 4.69) is 11.4 Å². The maximum Gasteiger partial charge on any atom is 0.244 e. The molecule has 0 bridgehead atoms. The number of nitrogens with two attached hydrogens (primary N) is 1. The van der Waals surface area contributed by atoms with Crippen molar-refractivity contribution in [2.45, 2.75) is 24.8 Å². The highest BCUT2D eigenvalue weighted by molar-refractivity contribution is 7.17. The standard InChI is InChI=1S/C13H14N2OS/c14-13(5-1-6-13)12(16)15-10-2-3-11-9(8-10)4-7-17-11/h2-4,7-8H,1,5-6,14H2,(H,15,16). The zero-order valence-corrected chi connectivity index (χ0v) is 10.2. The number of anilines is 1. The van der Waals surface area contributed by atoms with E-state index in [9.17, 15) is 4.79 Å². The van der Waals surface area contributed by atoms with Crippen LogP contribution < -0.4 is 11.1 Å². The average Bonchev–Trinajstić information content (AvgIpc) is 2.73. The quantitative estimate of drug-likeness (QED) is 0.856. The highest BCUT2D eigenvalue weighted by Crippen LogP contribution is 2.31. The van der Waals surface area contributed by atoms with Gasteiger partial charge in [-0.1, -0.05) is 0 Å². The number of amides is 1. The van der Waals surface area contributed by atoms with Gasteiger partial charge >= 0.3 is 0 Å². The molecule has 1 saturated carbocycles. The molecule has 0 saturated heterocycles. The molecule has 1 aromatic carbocycles. The Morgan fingerprint density at radius 3 is 2.88 bits per heavy atom. The Kier molecular flexibility index (Phi) is 2.42. The Morgan fingerprint density at radius 2 is 2.18 bits per heavy atom. The largest absolute Gasteiger partial charge is 0.324 e. The first kappa shape index (κ1) is 10.7. The number of fused-ring (bicyclic) bond motifs is 1. The molecule has 1 amide bonds. The SMILES string of the molecule is NC1(C(=O)Nc2ccc3sccc3c2)CCC1.